The SMILES string of the molecule is O=C(O)c1ccc2nc(Cc3cc(F)c(-c4cccc(OCc5ccc(Cl)cc5)n4)cc3F)n(C[C@@H]3CCO3)c2c1. The van der Waals surface area contributed by atoms with E-state index in [4.69, 9.17) is 21.1 Å². The largest absolute Gasteiger partial charge is 0.478 e. The molecule has 0 spiro atoms. The predicted molar refractivity (Wildman–Crippen MR) is 149 cm³/mol. The number of carboxylic acids is 1. The quantitative estimate of drug-likeness (QED) is 0.211. The molecule has 41 heavy (non-hydrogen) atoms. The molecule has 0 bridgehead atoms. The number of aromatic nitrogens is 3. The number of benzene rings is 3. The van der Waals surface area contributed by atoms with Gasteiger partial charge in [-0.15, -0.1) is 0 Å². The highest BCUT2D eigenvalue weighted by Gasteiger charge is 2.23. The lowest BCUT2D eigenvalue weighted by molar-refractivity contribution is -0.0589. The Labute approximate surface area is 239 Å². The van der Waals surface area contributed by atoms with Crippen molar-refractivity contribution >= 4 is 28.6 Å². The van der Waals surface area contributed by atoms with Gasteiger partial charge in [-0.05, 0) is 66.1 Å². The lowest BCUT2D eigenvalue weighted by Crippen LogP contribution is -2.31. The van der Waals surface area contributed by atoms with Crippen LogP contribution in [0.15, 0.2) is 72.8 Å². The summed E-state index contributed by atoms with van der Waals surface area (Å²) in [5.41, 5.74) is 2.54. The molecule has 6 rings (SSSR count). The first-order valence-electron chi connectivity index (χ1n) is 13.0. The highest BCUT2D eigenvalue weighted by molar-refractivity contribution is 6.30. The Morgan fingerprint density at radius 2 is 1.85 bits per heavy atom. The van der Waals surface area contributed by atoms with Gasteiger partial charge in [0, 0.05) is 29.7 Å². The number of fused-ring (bicyclic) bond motifs is 1. The molecule has 1 saturated heterocycles. The monoisotopic (exact) mass is 575 g/mol. The molecule has 3 aromatic carbocycles. The lowest BCUT2D eigenvalue weighted by atomic mass is 10.0. The van der Waals surface area contributed by atoms with E-state index >= 15 is 8.78 Å². The Hall–Kier alpha value is -4.34. The van der Waals surface area contributed by atoms with Gasteiger partial charge in [0.2, 0.25) is 5.88 Å². The van der Waals surface area contributed by atoms with Crippen LogP contribution < -0.4 is 4.74 Å². The number of halogens is 3. The summed E-state index contributed by atoms with van der Waals surface area (Å²) in [6.45, 7) is 1.32. The van der Waals surface area contributed by atoms with Crippen molar-refractivity contribution in [1.29, 1.82) is 0 Å². The van der Waals surface area contributed by atoms with E-state index < -0.39 is 17.6 Å². The smallest absolute Gasteiger partial charge is 0.335 e. The Bertz CT molecular complexity index is 1750. The topological polar surface area (TPSA) is 86.5 Å². The van der Waals surface area contributed by atoms with Crippen molar-refractivity contribution in [1.82, 2.24) is 14.5 Å². The highest BCUT2D eigenvalue weighted by atomic mass is 35.5. The number of hydrogen-bond donors (Lipinski definition) is 1. The van der Waals surface area contributed by atoms with Crippen LogP contribution in [0.5, 0.6) is 5.88 Å². The van der Waals surface area contributed by atoms with E-state index in [9.17, 15) is 9.90 Å². The molecule has 10 heteroatoms. The van der Waals surface area contributed by atoms with Gasteiger partial charge in [0.1, 0.15) is 24.1 Å². The molecule has 0 unspecified atom stereocenters. The molecule has 0 amide bonds. The van der Waals surface area contributed by atoms with Crippen LogP contribution in [0, 0.1) is 11.6 Å². The fourth-order valence-corrected chi connectivity index (χ4v) is 4.88. The summed E-state index contributed by atoms with van der Waals surface area (Å²) in [6, 6.07) is 19.0. The van der Waals surface area contributed by atoms with Crippen LogP contribution in [-0.4, -0.2) is 38.3 Å². The van der Waals surface area contributed by atoms with Crippen LogP contribution in [0.25, 0.3) is 22.3 Å². The molecule has 1 aliphatic heterocycles. The van der Waals surface area contributed by atoms with E-state index in [-0.39, 0.29) is 47.4 Å². The van der Waals surface area contributed by atoms with Gasteiger partial charge in [-0.1, -0.05) is 29.8 Å². The van der Waals surface area contributed by atoms with Gasteiger partial charge in [0.25, 0.3) is 0 Å². The van der Waals surface area contributed by atoms with Crippen molar-refractivity contribution in [2.75, 3.05) is 6.61 Å². The fraction of sp³-hybridized carbons (Fsp3) is 0.194. The minimum absolute atomic E-state index is 0.00447. The standard InChI is InChI=1S/C31H24ClF2N3O4/c32-21-7-4-18(5-8-21)17-41-30-3-1-2-26(36-30)23-15-24(33)20(12-25(23)34)14-29-35-27-9-6-19(31(38)39)13-28(27)37(29)16-22-10-11-40-22/h1-9,12-13,15,22H,10-11,14,16-17H2,(H,38,39)/t22-/m0/s1. The number of pyridine rings is 1. The number of imidazole rings is 1. The zero-order chi connectivity index (χ0) is 28.5. The second-order valence-corrected chi connectivity index (χ2v) is 10.2. The minimum Gasteiger partial charge on any atom is -0.478 e. The molecule has 2 aromatic heterocycles. The fourth-order valence-electron chi connectivity index (χ4n) is 4.75. The Kier molecular flexibility index (Phi) is 7.38. The molecule has 1 fully saturated rings. The number of carboxylic acid groups (broad SMARTS) is 1. The summed E-state index contributed by atoms with van der Waals surface area (Å²) >= 11 is 5.92. The van der Waals surface area contributed by atoms with Crippen molar-refractivity contribution in [3.05, 3.63) is 112 Å². The van der Waals surface area contributed by atoms with Crippen LogP contribution in [0.2, 0.25) is 5.02 Å². The summed E-state index contributed by atoms with van der Waals surface area (Å²) in [4.78, 5) is 20.5. The van der Waals surface area contributed by atoms with Gasteiger partial charge in [-0.2, -0.15) is 0 Å². The van der Waals surface area contributed by atoms with Crippen molar-refractivity contribution in [3.63, 3.8) is 0 Å². The summed E-state index contributed by atoms with van der Waals surface area (Å²) in [5.74, 6) is -1.55. The second-order valence-electron chi connectivity index (χ2n) is 9.81. The summed E-state index contributed by atoms with van der Waals surface area (Å²) in [6.07, 6.45) is 0.805. The van der Waals surface area contributed by atoms with Gasteiger partial charge in [0.05, 0.1) is 34.9 Å². The molecule has 0 aliphatic carbocycles. The first-order valence-corrected chi connectivity index (χ1v) is 13.4. The molecule has 208 valence electrons. The highest BCUT2D eigenvalue weighted by Crippen LogP contribution is 2.29. The second kappa shape index (κ2) is 11.3. The number of nitrogens with zero attached hydrogens (tertiary/aromatic N) is 3. The maximum atomic E-state index is 15.4. The van der Waals surface area contributed by atoms with Crippen LogP contribution in [-0.2, 0) is 24.3 Å². The molecule has 1 atom stereocenters. The third-order valence-corrected chi connectivity index (χ3v) is 7.29. The van der Waals surface area contributed by atoms with E-state index in [0.29, 0.717) is 35.0 Å². The minimum atomic E-state index is -1.06. The first-order chi connectivity index (χ1) is 19.8. The maximum absolute atomic E-state index is 15.4. The molecule has 0 saturated carbocycles. The molecule has 0 radical (unpaired) electrons. The third kappa shape index (κ3) is 5.77. The Morgan fingerprint density at radius 1 is 1.05 bits per heavy atom. The van der Waals surface area contributed by atoms with Gasteiger partial charge < -0.3 is 19.1 Å². The lowest BCUT2D eigenvalue weighted by Gasteiger charge is -2.27. The average molecular weight is 576 g/mol. The molecular weight excluding hydrogens is 552 g/mol. The van der Waals surface area contributed by atoms with E-state index in [1.54, 1.807) is 42.5 Å². The molecule has 1 aliphatic rings. The Morgan fingerprint density at radius 3 is 2.59 bits per heavy atom. The number of aromatic carboxylic acids is 1. The average Bonchev–Trinajstić information content (AvgIpc) is 3.28. The van der Waals surface area contributed by atoms with Crippen LogP contribution in [0.1, 0.15) is 33.7 Å². The molecule has 7 nitrogen and oxygen atoms in total. The number of carbonyl (C=O) groups is 1. The molecule has 5 aromatic rings. The molecule has 3 heterocycles. The van der Waals surface area contributed by atoms with E-state index in [1.807, 2.05) is 16.7 Å². The summed E-state index contributed by atoms with van der Waals surface area (Å²) in [7, 11) is 0. The predicted octanol–water partition coefficient (Wildman–Crippen LogP) is 6.69. The number of ether oxygens (including phenoxy) is 2. The third-order valence-electron chi connectivity index (χ3n) is 7.04. The molecule has 1 N–H and O–H groups in total. The Balaban J connectivity index is 1.27. The number of hydrogen-bond acceptors (Lipinski definition) is 5. The van der Waals surface area contributed by atoms with Gasteiger partial charge >= 0.3 is 5.97 Å². The van der Waals surface area contributed by atoms with Gasteiger partial charge in [-0.25, -0.2) is 23.5 Å². The maximum Gasteiger partial charge on any atom is 0.335 e. The van der Waals surface area contributed by atoms with Crippen LogP contribution in [0.4, 0.5) is 8.78 Å². The zero-order valence-corrected chi connectivity index (χ0v) is 22.4. The van der Waals surface area contributed by atoms with Crippen molar-refractivity contribution in [2.24, 2.45) is 0 Å². The van der Waals surface area contributed by atoms with E-state index in [2.05, 4.69) is 9.97 Å². The van der Waals surface area contributed by atoms with E-state index in [1.165, 1.54) is 6.07 Å². The number of rotatable bonds is 9. The van der Waals surface area contributed by atoms with Gasteiger partial charge in [-0.3, -0.25) is 0 Å². The van der Waals surface area contributed by atoms with Crippen molar-refractivity contribution in [3.8, 4) is 17.1 Å². The summed E-state index contributed by atoms with van der Waals surface area (Å²) in [5, 5.41) is 10.1. The van der Waals surface area contributed by atoms with Crippen LogP contribution >= 0.6 is 11.6 Å². The van der Waals surface area contributed by atoms with Crippen LogP contribution in [0.3, 0.4) is 0 Å². The molecular formula is C31H24ClF2N3O4. The van der Waals surface area contributed by atoms with E-state index in [0.717, 1.165) is 24.1 Å². The van der Waals surface area contributed by atoms with Crippen molar-refractivity contribution < 1.29 is 28.2 Å². The summed E-state index contributed by atoms with van der Waals surface area (Å²) < 4.78 is 44.0. The van der Waals surface area contributed by atoms with Gasteiger partial charge in [0.15, 0.2) is 0 Å². The first kappa shape index (κ1) is 26.9. The normalized spacial score (nSPS) is 14.7. The van der Waals surface area contributed by atoms with Crippen molar-refractivity contribution in [2.45, 2.75) is 32.1 Å². The zero-order valence-electron chi connectivity index (χ0n) is 21.7.